The summed E-state index contributed by atoms with van der Waals surface area (Å²) in [7, 11) is 0. The van der Waals surface area contributed by atoms with Gasteiger partial charge in [-0.15, -0.1) is 0 Å². The summed E-state index contributed by atoms with van der Waals surface area (Å²) >= 11 is 2.93. The molecule has 112 valence electrons. The van der Waals surface area contributed by atoms with E-state index < -0.39 is 29.3 Å². The summed E-state index contributed by atoms with van der Waals surface area (Å²) in [4.78, 5) is 0. The van der Waals surface area contributed by atoms with Gasteiger partial charge in [-0.2, -0.15) is 0 Å². The van der Waals surface area contributed by atoms with Crippen LogP contribution in [0.2, 0.25) is 0 Å². The second kappa shape index (κ2) is 6.55. The lowest BCUT2D eigenvalue weighted by Gasteiger charge is -2.19. The molecule has 0 heterocycles. The highest BCUT2D eigenvalue weighted by molar-refractivity contribution is 9.10. The smallest absolute Gasteiger partial charge is 0.145 e. The zero-order chi connectivity index (χ0) is 15.6. The van der Waals surface area contributed by atoms with E-state index in [1.54, 1.807) is 0 Å². The average molecular weight is 363 g/mol. The number of nitrogens with two attached hydrogens (primary N) is 1. The third-order valence-electron chi connectivity index (χ3n) is 3.10. The van der Waals surface area contributed by atoms with Crippen LogP contribution in [0.4, 0.5) is 17.6 Å². The highest BCUT2D eigenvalue weighted by atomic mass is 79.9. The summed E-state index contributed by atoms with van der Waals surface area (Å²) in [5.41, 5.74) is 1.52. The largest absolute Gasteiger partial charge is 0.271 e. The van der Waals surface area contributed by atoms with Gasteiger partial charge in [-0.3, -0.25) is 11.3 Å². The molecule has 3 N–H and O–H groups in total. The van der Waals surface area contributed by atoms with E-state index in [4.69, 9.17) is 5.84 Å². The van der Waals surface area contributed by atoms with Gasteiger partial charge >= 0.3 is 0 Å². The van der Waals surface area contributed by atoms with Crippen LogP contribution in [0.3, 0.4) is 0 Å². The highest BCUT2D eigenvalue weighted by Crippen LogP contribution is 2.29. The van der Waals surface area contributed by atoms with Crippen molar-refractivity contribution < 1.29 is 17.6 Å². The van der Waals surface area contributed by atoms with Gasteiger partial charge in [0.05, 0.1) is 10.5 Å². The Morgan fingerprint density at radius 1 is 1.00 bits per heavy atom. The Bertz CT molecular complexity index is 643. The Morgan fingerprint density at radius 2 is 1.62 bits per heavy atom. The molecular formula is C14H11BrF4N2. The fourth-order valence-electron chi connectivity index (χ4n) is 2.04. The summed E-state index contributed by atoms with van der Waals surface area (Å²) in [6.45, 7) is 0. The van der Waals surface area contributed by atoms with Crippen molar-refractivity contribution in [3.05, 3.63) is 69.2 Å². The number of rotatable bonds is 4. The van der Waals surface area contributed by atoms with Crippen LogP contribution >= 0.6 is 15.9 Å². The average Bonchev–Trinajstić information content (AvgIpc) is 2.45. The van der Waals surface area contributed by atoms with Gasteiger partial charge in [0.1, 0.15) is 23.3 Å². The van der Waals surface area contributed by atoms with E-state index in [1.165, 1.54) is 12.1 Å². The molecule has 0 amide bonds. The molecule has 0 radical (unpaired) electrons. The minimum absolute atomic E-state index is 0.0353. The van der Waals surface area contributed by atoms with Crippen molar-refractivity contribution in [2.45, 2.75) is 12.5 Å². The number of hydrazine groups is 1. The summed E-state index contributed by atoms with van der Waals surface area (Å²) in [6, 6.07) is 4.48. The van der Waals surface area contributed by atoms with Gasteiger partial charge < -0.3 is 0 Å². The van der Waals surface area contributed by atoms with E-state index in [-0.39, 0.29) is 22.0 Å². The molecule has 0 aliphatic heterocycles. The van der Waals surface area contributed by atoms with Crippen molar-refractivity contribution in [1.29, 1.82) is 0 Å². The minimum Gasteiger partial charge on any atom is -0.271 e. The second-order valence-corrected chi connectivity index (χ2v) is 5.23. The maximum Gasteiger partial charge on any atom is 0.145 e. The fourth-order valence-corrected chi connectivity index (χ4v) is 2.38. The number of benzene rings is 2. The van der Waals surface area contributed by atoms with Crippen LogP contribution in [0, 0.1) is 23.3 Å². The van der Waals surface area contributed by atoms with Crippen molar-refractivity contribution >= 4 is 15.9 Å². The molecule has 0 spiro atoms. The van der Waals surface area contributed by atoms with Gasteiger partial charge in [-0.25, -0.2) is 17.6 Å². The van der Waals surface area contributed by atoms with Crippen LogP contribution in [0.25, 0.3) is 0 Å². The fraction of sp³-hybridized carbons (Fsp3) is 0.143. The van der Waals surface area contributed by atoms with Crippen molar-refractivity contribution in [3.8, 4) is 0 Å². The Balaban J connectivity index is 2.44. The monoisotopic (exact) mass is 362 g/mol. The standard InChI is InChI=1S/C14H11BrF4N2/c15-8-4-5-11(18)13(14(8)19)12(21-20)6-7-9(16)2-1-3-10(7)17/h1-5,12,21H,6,20H2. The van der Waals surface area contributed by atoms with Crippen molar-refractivity contribution in [3.63, 3.8) is 0 Å². The molecule has 2 nitrogen and oxygen atoms in total. The van der Waals surface area contributed by atoms with E-state index >= 15 is 0 Å². The topological polar surface area (TPSA) is 38.0 Å². The first kappa shape index (κ1) is 15.9. The Kier molecular flexibility index (Phi) is 4.97. The zero-order valence-electron chi connectivity index (χ0n) is 10.6. The quantitative estimate of drug-likeness (QED) is 0.376. The predicted molar refractivity (Wildman–Crippen MR) is 74.2 cm³/mol. The summed E-state index contributed by atoms with van der Waals surface area (Å²) < 4.78 is 55.2. The minimum atomic E-state index is -1.12. The summed E-state index contributed by atoms with van der Waals surface area (Å²) in [5, 5.41) is 0. The Morgan fingerprint density at radius 3 is 2.19 bits per heavy atom. The van der Waals surface area contributed by atoms with Gasteiger partial charge in [-0.1, -0.05) is 6.07 Å². The Labute approximate surface area is 127 Å². The number of hydrogen-bond donors (Lipinski definition) is 2. The summed E-state index contributed by atoms with van der Waals surface area (Å²) in [6.07, 6.45) is -0.334. The van der Waals surface area contributed by atoms with Gasteiger partial charge in [-0.05, 0) is 46.6 Å². The molecule has 2 rings (SSSR count). The molecule has 2 aromatic rings. The third-order valence-corrected chi connectivity index (χ3v) is 3.71. The zero-order valence-corrected chi connectivity index (χ0v) is 12.2. The van der Waals surface area contributed by atoms with Crippen molar-refractivity contribution in [1.82, 2.24) is 5.43 Å². The lowest BCUT2D eigenvalue weighted by Crippen LogP contribution is -2.31. The summed E-state index contributed by atoms with van der Waals surface area (Å²) in [5.74, 6) is 1.98. The Hall–Kier alpha value is -1.44. The van der Waals surface area contributed by atoms with E-state index in [0.29, 0.717) is 0 Å². The maximum atomic E-state index is 14.0. The molecule has 2 aromatic carbocycles. The number of nitrogens with one attached hydrogen (secondary N) is 1. The molecule has 0 aliphatic rings. The molecule has 21 heavy (non-hydrogen) atoms. The first-order chi connectivity index (χ1) is 9.95. The van der Waals surface area contributed by atoms with E-state index in [2.05, 4.69) is 21.4 Å². The molecule has 1 atom stereocenters. The van der Waals surface area contributed by atoms with Crippen LogP contribution in [-0.2, 0) is 6.42 Å². The third kappa shape index (κ3) is 3.25. The number of halogens is 5. The SMILES string of the molecule is NNC(Cc1c(F)cccc1F)c1c(F)ccc(Br)c1F. The molecule has 0 aliphatic carbocycles. The number of hydrogen-bond acceptors (Lipinski definition) is 2. The maximum absolute atomic E-state index is 14.0. The highest BCUT2D eigenvalue weighted by Gasteiger charge is 2.24. The first-order valence-electron chi connectivity index (χ1n) is 5.98. The molecule has 7 heteroatoms. The van der Waals surface area contributed by atoms with Gasteiger partial charge in [0, 0.05) is 11.1 Å². The van der Waals surface area contributed by atoms with Crippen LogP contribution < -0.4 is 11.3 Å². The molecule has 0 saturated heterocycles. The van der Waals surface area contributed by atoms with Gasteiger partial charge in [0.15, 0.2) is 0 Å². The lowest BCUT2D eigenvalue weighted by molar-refractivity contribution is 0.454. The van der Waals surface area contributed by atoms with E-state index in [9.17, 15) is 17.6 Å². The normalized spacial score (nSPS) is 12.5. The molecule has 0 aromatic heterocycles. The van der Waals surface area contributed by atoms with E-state index in [1.807, 2.05) is 0 Å². The van der Waals surface area contributed by atoms with Crippen LogP contribution in [0.15, 0.2) is 34.8 Å². The molecular weight excluding hydrogens is 352 g/mol. The first-order valence-corrected chi connectivity index (χ1v) is 6.77. The lowest BCUT2D eigenvalue weighted by atomic mass is 9.97. The molecule has 0 saturated carbocycles. The van der Waals surface area contributed by atoms with Crippen LogP contribution in [0.1, 0.15) is 17.2 Å². The van der Waals surface area contributed by atoms with Crippen LogP contribution in [0.5, 0.6) is 0 Å². The second-order valence-electron chi connectivity index (χ2n) is 4.38. The molecule has 1 unspecified atom stereocenters. The van der Waals surface area contributed by atoms with Gasteiger partial charge in [0.2, 0.25) is 0 Å². The van der Waals surface area contributed by atoms with E-state index in [0.717, 1.165) is 18.2 Å². The predicted octanol–water partition coefficient (Wildman–Crippen LogP) is 3.75. The van der Waals surface area contributed by atoms with Crippen LogP contribution in [-0.4, -0.2) is 0 Å². The molecule has 0 fully saturated rings. The van der Waals surface area contributed by atoms with Gasteiger partial charge in [0.25, 0.3) is 0 Å². The molecule has 0 bridgehead atoms. The van der Waals surface area contributed by atoms with Crippen molar-refractivity contribution in [2.24, 2.45) is 5.84 Å². The van der Waals surface area contributed by atoms with Crippen molar-refractivity contribution in [2.75, 3.05) is 0 Å².